The first-order valence-corrected chi connectivity index (χ1v) is 9.06. The third kappa shape index (κ3) is 5.28. The highest BCUT2D eigenvalue weighted by Gasteiger charge is 2.23. The second-order valence-electron chi connectivity index (χ2n) is 6.58. The lowest BCUT2D eigenvalue weighted by molar-refractivity contribution is 0.420. The molecule has 0 spiro atoms. The predicted molar refractivity (Wildman–Crippen MR) is 107 cm³/mol. The summed E-state index contributed by atoms with van der Waals surface area (Å²) in [7, 11) is 0. The van der Waals surface area contributed by atoms with Gasteiger partial charge in [-0.15, -0.1) is 0 Å². The van der Waals surface area contributed by atoms with Gasteiger partial charge in [-0.2, -0.15) is 0 Å². The summed E-state index contributed by atoms with van der Waals surface area (Å²) in [5.41, 5.74) is 1.67. The van der Waals surface area contributed by atoms with Crippen LogP contribution in [-0.2, 0) is 5.41 Å². The molecule has 0 bridgehead atoms. The molecule has 0 saturated heterocycles. The number of hydrogen-bond acceptors (Lipinski definition) is 1. The van der Waals surface area contributed by atoms with Crippen LogP contribution in [0, 0.1) is 5.82 Å². The standard InChI is InChI=1S/C19H22BrFN2S/c1-13(12-19(2,3)14-7-5-4-6-8-14)22-18(24)23-17-10-9-15(20)11-16(17)21/h4-11,13H,12H2,1-3H3,(H2,22,23,24)/t13-/m0/s1. The Kier molecular flexibility index (Phi) is 6.35. The molecule has 0 aliphatic heterocycles. The molecule has 1 atom stereocenters. The number of anilines is 1. The third-order valence-electron chi connectivity index (χ3n) is 3.93. The molecular weight excluding hydrogens is 387 g/mol. The molecule has 0 fully saturated rings. The highest BCUT2D eigenvalue weighted by Crippen LogP contribution is 2.28. The summed E-state index contributed by atoms with van der Waals surface area (Å²) in [4.78, 5) is 0. The Balaban J connectivity index is 1.94. The maximum absolute atomic E-state index is 13.9. The number of rotatable bonds is 5. The zero-order valence-corrected chi connectivity index (χ0v) is 16.5. The van der Waals surface area contributed by atoms with Gasteiger partial charge in [0.05, 0.1) is 5.69 Å². The summed E-state index contributed by atoms with van der Waals surface area (Å²) in [5, 5.41) is 6.58. The monoisotopic (exact) mass is 408 g/mol. The predicted octanol–water partition coefficient (Wildman–Crippen LogP) is 5.63. The molecular formula is C19H22BrFN2S. The molecule has 2 nitrogen and oxygen atoms in total. The van der Waals surface area contributed by atoms with Gasteiger partial charge in [0.25, 0.3) is 0 Å². The minimum Gasteiger partial charge on any atom is -0.360 e. The van der Waals surface area contributed by atoms with Crippen LogP contribution in [-0.4, -0.2) is 11.2 Å². The van der Waals surface area contributed by atoms with E-state index in [1.54, 1.807) is 12.1 Å². The zero-order valence-electron chi connectivity index (χ0n) is 14.1. The molecule has 0 aromatic heterocycles. The summed E-state index contributed by atoms with van der Waals surface area (Å²) >= 11 is 8.55. The molecule has 128 valence electrons. The Morgan fingerprint density at radius 3 is 2.50 bits per heavy atom. The van der Waals surface area contributed by atoms with Crippen molar-refractivity contribution >= 4 is 38.9 Å². The van der Waals surface area contributed by atoms with Crippen LogP contribution in [0.1, 0.15) is 32.8 Å². The molecule has 24 heavy (non-hydrogen) atoms. The normalized spacial score (nSPS) is 12.5. The SMILES string of the molecule is C[C@@H](CC(C)(C)c1ccccc1)NC(=S)Nc1ccc(Br)cc1F. The molecule has 0 heterocycles. The summed E-state index contributed by atoms with van der Waals surface area (Å²) in [6, 6.07) is 15.4. The van der Waals surface area contributed by atoms with E-state index in [4.69, 9.17) is 12.2 Å². The van der Waals surface area contributed by atoms with E-state index in [9.17, 15) is 4.39 Å². The van der Waals surface area contributed by atoms with E-state index >= 15 is 0 Å². The summed E-state index contributed by atoms with van der Waals surface area (Å²) < 4.78 is 14.6. The Hall–Kier alpha value is -1.46. The van der Waals surface area contributed by atoms with Crippen LogP contribution in [0.4, 0.5) is 10.1 Å². The fourth-order valence-corrected chi connectivity index (χ4v) is 3.44. The minimum atomic E-state index is -0.342. The summed E-state index contributed by atoms with van der Waals surface area (Å²) in [5.74, 6) is -0.342. The van der Waals surface area contributed by atoms with Gasteiger partial charge in [0.2, 0.25) is 0 Å². The maximum Gasteiger partial charge on any atom is 0.171 e. The topological polar surface area (TPSA) is 24.1 Å². The van der Waals surface area contributed by atoms with Gasteiger partial charge in [-0.25, -0.2) is 4.39 Å². The molecule has 0 amide bonds. The maximum atomic E-state index is 13.9. The van der Waals surface area contributed by atoms with Gasteiger partial charge in [0.15, 0.2) is 5.11 Å². The van der Waals surface area contributed by atoms with Crippen LogP contribution < -0.4 is 10.6 Å². The van der Waals surface area contributed by atoms with Gasteiger partial charge in [-0.05, 0) is 54.7 Å². The molecule has 2 aromatic carbocycles. The molecule has 2 N–H and O–H groups in total. The molecule has 2 aromatic rings. The Morgan fingerprint density at radius 2 is 1.88 bits per heavy atom. The lowest BCUT2D eigenvalue weighted by Gasteiger charge is -2.29. The van der Waals surface area contributed by atoms with E-state index in [1.807, 2.05) is 6.07 Å². The van der Waals surface area contributed by atoms with Crippen molar-refractivity contribution in [2.45, 2.75) is 38.6 Å². The van der Waals surface area contributed by atoms with E-state index in [1.165, 1.54) is 11.6 Å². The number of benzene rings is 2. The van der Waals surface area contributed by atoms with Crippen molar-refractivity contribution in [3.8, 4) is 0 Å². The quantitative estimate of drug-likeness (QED) is 0.626. The van der Waals surface area contributed by atoms with E-state index in [-0.39, 0.29) is 17.3 Å². The van der Waals surface area contributed by atoms with E-state index in [2.05, 4.69) is 71.6 Å². The van der Waals surface area contributed by atoms with Gasteiger partial charge in [-0.3, -0.25) is 0 Å². The lowest BCUT2D eigenvalue weighted by Crippen LogP contribution is -2.39. The molecule has 0 saturated carbocycles. The molecule has 0 aliphatic carbocycles. The van der Waals surface area contributed by atoms with Crippen molar-refractivity contribution in [2.75, 3.05) is 5.32 Å². The summed E-state index contributed by atoms with van der Waals surface area (Å²) in [6.45, 7) is 6.51. The van der Waals surface area contributed by atoms with E-state index in [0.717, 1.165) is 6.42 Å². The third-order valence-corrected chi connectivity index (χ3v) is 4.64. The molecule has 0 radical (unpaired) electrons. The van der Waals surface area contributed by atoms with Gasteiger partial charge in [0.1, 0.15) is 5.82 Å². The Labute approximate surface area is 157 Å². The summed E-state index contributed by atoms with van der Waals surface area (Å²) in [6.07, 6.45) is 0.904. The van der Waals surface area contributed by atoms with Crippen molar-refractivity contribution in [3.05, 3.63) is 64.4 Å². The number of thiocarbonyl (C=S) groups is 1. The smallest absolute Gasteiger partial charge is 0.171 e. The highest BCUT2D eigenvalue weighted by atomic mass is 79.9. The number of halogens is 2. The van der Waals surface area contributed by atoms with Crippen molar-refractivity contribution in [2.24, 2.45) is 0 Å². The average molecular weight is 409 g/mol. The Morgan fingerprint density at radius 1 is 1.21 bits per heavy atom. The van der Waals surface area contributed by atoms with E-state index < -0.39 is 0 Å². The van der Waals surface area contributed by atoms with Gasteiger partial charge >= 0.3 is 0 Å². The van der Waals surface area contributed by atoms with Crippen molar-refractivity contribution < 1.29 is 4.39 Å². The fourth-order valence-electron chi connectivity index (χ4n) is 2.80. The van der Waals surface area contributed by atoms with Crippen molar-refractivity contribution in [3.63, 3.8) is 0 Å². The first kappa shape index (κ1) is 18.9. The van der Waals surface area contributed by atoms with Crippen LogP contribution in [0.2, 0.25) is 0 Å². The number of nitrogens with one attached hydrogen (secondary N) is 2. The Bertz CT molecular complexity index is 704. The number of hydrogen-bond donors (Lipinski definition) is 2. The van der Waals surface area contributed by atoms with Crippen LogP contribution in [0.3, 0.4) is 0 Å². The van der Waals surface area contributed by atoms with Crippen LogP contribution in [0.25, 0.3) is 0 Å². The lowest BCUT2D eigenvalue weighted by atomic mass is 9.79. The zero-order chi connectivity index (χ0) is 17.7. The second kappa shape index (κ2) is 8.08. The van der Waals surface area contributed by atoms with Gasteiger partial charge < -0.3 is 10.6 Å². The fraction of sp³-hybridized carbons (Fsp3) is 0.316. The van der Waals surface area contributed by atoms with Crippen LogP contribution >= 0.6 is 28.1 Å². The highest BCUT2D eigenvalue weighted by molar-refractivity contribution is 9.10. The van der Waals surface area contributed by atoms with Crippen LogP contribution in [0.5, 0.6) is 0 Å². The first-order valence-electron chi connectivity index (χ1n) is 7.86. The molecule has 0 unspecified atom stereocenters. The van der Waals surface area contributed by atoms with Crippen molar-refractivity contribution in [1.82, 2.24) is 5.32 Å². The van der Waals surface area contributed by atoms with E-state index in [0.29, 0.717) is 15.3 Å². The van der Waals surface area contributed by atoms with Gasteiger partial charge in [-0.1, -0.05) is 60.1 Å². The van der Waals surface area contributed by atoms with Crippen LogP contribution in [0.15, 0.2) is 53.0 Å². The second-order valence-corrected chi connectivity index (χ2v) is 7.90. The largest absolute Gasteiger partial charge is 0.360 e. The molecule has 5 heteroatoms. The first-order chi connectivity index (χ1) is 11.3. The van der Waals surface area contributed by atoms with Crippen molar-refractivity contribution in [1.29, 1.82) is 0 Å². The van der Waals surface area contributed by atoms with Gasteiger partial charge in [0, 0.05) is 10.5 Å². The minimum absolute atomic E-state index is 0.0200. The molecule has 2 rings (SSSR count). The molecule has 0 aliphatic rings. The average Bonchev–Trinajstić information content (AvgIpc) is 2.50.